The first-order chi connectivity index (χ1) is 24.2. The van der Waals surface area contributed by atoms with Crippen molar-refractivity contribution >= 4 is 6.47 Å². The largest absolute Gasteiger partial charge is 0.483 e. The fourth-order valence-corrected chi connectivity index (χ4v) is 15.5. The number of nitrogens with zero attached hydrogens (tertiary/aromatic N) is 1. The van der Waals surface area contributed by atoms with E-state index in [0.717, 1.165) is 41.5 Å². The van der Waals surface area contributed by atoms with Crippen LogP contribution in [0.1, 0.15) is 160 Å². The van der Waals surface area contributed by atoms with Gasteiger partial charge >= 0.3 is 0 Å². The van der Waals surface area contributed by atoms with E-state index in [2.05, 4.69) is 91.3 Å². The van der Waals surface area contributed by atoms with Crippen molar-refractivity contribution in [2.75, 3.05) is 19.6 Å². The Kier molecular flexibility index (Phi) is 11.3. The van der Waals surface area contributed by atoms with Crippen molar-refractivity contribution in [2.24, 2.45) is 63.1 Å². The highest BCUT2D eigenvalue weighted by molar-refractivity contribution is 5.41. The molecule has 51 heavy (non-hydrogen) atoms. The minimum absolute atomic E-state index is 0. The molecular weight excluding hydrogens is 625 g/mol. The molecule has 7 aliphatic rings. The molecule has 2 N–H and O–H groups in total. The van der Waals surface area contributed by atoms with E-state index < -0.39 is 0 Å². The quantitative estimate of drug-likeness (QED) is 0.195. The number of allylic oxidation sites excluding steroid dienone is 5. The van der Waals surface area contributed by atoms with E-state index in [4.69, 9.17) is 9.90 Å². The van der Waals surface area contributed by atoms with Crippen LogP contribution < -0.4 is 5.32 Å². The van der Waals surface area contributed by atoms with Crippen molar-refractivity contribution in [3.8, 4) is 0 Å². The maximum atomic E-state index is 8.36. The predicted molar refractivity (Wildman–Crippen MR) is 217 cm³/mol. The van der Waals surface area contributed by atoms with Crippen LogP contribution in [0, 0.1) is 63.1 Å². The fraction of sp³-hybridized carbons (Fsp3) is 0.851. The zero-order chi connectivity index (χ0) is 37.0. The molecule has 0 aromatic heterocycles. The molecule has 0 amide bonds. The van der Waals surface area contributed by atoms with E-state index in [0.29, 0.717) is 27.7 Å². The zero-order valence-electron chi connectivity index (χ0n) is 34.6. The van der Waals surface area contributed by atoms with Crippen LogP contribution in [0.4, 0.5) is 0 Å². The van der Waals surface area contributed by atoms with Crippen LogP contribution in [0.3, 0.4) is 0 Å². The molecule has 1 heterocycles. The van der Waals surface area contributed by atoms with Crippen molar-refractivity contribution in [1.29, 1.82) is 0 Å². The van der Waals surface area contributed by atoms with E-state index in [1.165, 1.54) is 122 Å². The van der Waals surface area contributed by atoms with Gasteiger partial charge < -0.3 is 10.4 Å². The third kappa shape index (κ3) is 6.38. The van der Waals surface area contributed by atoms with Gasteiger partial charge in [0, 0.05) is 32.6 Å². The van der Waals surface area contributed by atoms with Gasteiger partial charge in [-0.25, -0.2) is 0 Å². The number of nitrogens with one attached hydrogen (secondary N) is 1. The molecule has 6 aliphatic carbocycles. The van der Waals surface area contributed by atoms with Gasteiger partial charge in [-0.3, -0.25) is 9.69 Å². The highest BCUT2D eigenvalue weighted by atomic mass is 16.3. The van der Waals surface area contributed by atoms with E-state index in [1.54, 1.807) is 11.1 Å². The SMILES string of the molecule is C=C(C)[C@@H]1CC[C@]2(NCCN3C[C@@H](C)C[C@H]3CC)CC[C@]3(C)[C@H](CC[C@@H]4[C@@]5(C)CC=C(C6=CCC(CC)CC6)C(C)(C)[C@@H]5CC[C@]43C)[C@@H]12.O=CO.[HH]. The second kappa shape index (κ2) is 14.7. The number of likely N-dealkylation sites (tertiary alicyclic amines) is 1. The second-order valence-corrected chi connectivity index (χ2v) is 20.6. The lowest BCUT2D eigenvalue weighted by molar-refractivity contribution is -0.221. The average molecular weight is 705 g/mol. The first-order valence-electron chi connectivity index (χ1n) is 21.8. The summed E-state index contributed by atoms with van der Waals surface area (Å²) in [5.41, 5.74) is 6.81. The lowest BCUT2D eigenvalue weighted by atomic mass is 9.33. The van der Waals surface area contributed by atoms with Gasteiger partial charge in [0.05, 0.1) is 0 Å². The van der Waals surface area contributed by atoms with Crippen LogP contribution in [0.25, 0.3) is 0 Å². The third-order valence-corrected chi connectivity index (χ3v) is 18.2. The number of fused-ring (bicyclic) bond motifs is 7. The number of carbonyl (C=O) groups is 1. The molecule has 4 saturated carbocycles. The lowest BCUT2D eigenvalue weighted by Gasteiger charge is -2.72. The van der Waals surface area contributed by atoms with E-state index in [-0.39, 0.29) is 13.3 Å². The number of hydrogen-bond donors (Lipinski definition) is 2. The van der Waals surface area contributed by atoms with E-state index >= 15 is 0 Å². The van der Waals surface area contributed by atoms with Crippen molar-refractivity contribution in [2.45, 2.75) is 170 Å². The minimum atomic E-state index is -0.250. The molecule has 0 bridgehead atoms. The number of rotatable bonds is 8. The Balaban J connectivity index is 0.00000126. The molecule has 4 nitrogen and oxygen atoms in total. The summed E-state index contributed by atoms with van der Waals surface area (Å²) in [4.78, 5) is 11.2. The van der Waals surface area contributed by atoms with E-state index in [9.17, 15) is 0 Å². The van der Waals surface area contributed by atoms with Crippen molar-refractivity contribution in [1.82, 2.24) is 10.2 Å². The van der Waals surface area contributed by atoms with Gasteiger partial charge in [-0.05, 0) is 171 Å². The smallest absolute Gasteiger partial charge is 0.290 e. The third-order valence-electron chi connectivity index (χ3n) is 18.2. The molecule has 1 aliphatic heterocycles. The van der Waals surface area contributed by atoms with Crippen molar-refractivity contribution in [3.05, 3.63) is 35.5 Å². The lowest BCUT2D eigenvalue weighted by Crippen LogP contribution is -2.68. The number of hydrogen-bond acceptors (Lipinski definition) is 3. The molecule has 0 aromatic carbocycles. The molecule has 1 saturated heterocycles. The summed E-state index contributed by atoms with van der Waals surface area (Å²) in [5.74, 6) is 5.68. The first kappa shape index (κ1) is 39.3. The summed E-state index contributed by atoms with van der Waals surface area (Å²) >= 11 is 0. The van der Waals surface area contributed by atoms with Gasteiger partial charge in [0.25, 0.3) is 6.47 Å². The Hall–Kier alpha value is -1.39. The average Bonchev–Trinajstić information content (AvgIpc) is 3.65. The molecule has 290 valence electrons. The van der Waals surface area contributed by atoms with Crippen LogP contribution in [0.2, 0.25) is 0 Å². The van der Waals surface area contributed by atoms with Crippen LogP contribution in [0.5, 0.6) is 0 Å². The Morgan fingerprint density at radius 1 is 0.980 bits per heavy atom. The van der Waals surface area contributed by atoms with Crippen LogP contribution in [-0.2, 0) is 4.79 Å². The molecule has 0 spiro atoms. The summed E-state index contributed by atoms with van der Waals surface area (Å²) in [6, 6.07) is 0.798. The number of carboxylic acid groups (broad SMARTS) is 1. The standard InChI is InChI=1S/C46H76N2.CH2O2.H2/c1-11-33-13-15-34(16-14-33)37-20-22-43(8)39(42(37,6)7)21-23-45(10)40(43)18-17-38-41-36(31(3)4)19-24-46(41,26-25-44(38,45)9)47-27-28-48-30-32(5)29-35(48)12-2;2-1-3;/h15,20,32-33,35-36,38-41,47H,3,11-14,16-19,21-30H2,1-2,4-10H3;1H,(H,2,3);1H/t32-,33?,35+,36-,38+,39-,40+,41+,43-,44+,45+,46-;;/m0../s1. The molecule has 0 aromatic rings. The molecule has 12 atom stereocenters. The summed E-state index contributed by atoms with van der Waals surface area (Å²) in [6.07, 6.45) is 26.1. The zero-order valence-corrected chi connectivity index (χ0v) is 34.6. The van der Waals surface area contributed by atoms with E-state index in [1.807, 2.05) is 0 Å². The fourth-order valence-electron chi connectivity index (χ4n) is 15.5. The maximum absolute atomic E-state index is 8.36. The van der Waals surface area contributed by atoms with Crippen molar-refractivity contribution < 1.29 is 11.3 Å². The second-order valence-electron chi connectivity index (χ2n) is 20.6. The van der Waals surface area contributed by atoms with Gasteiger partial charge in [-0.15, -0.1) is 0 Å². The molecule has 1 unspecified atom stereocenters. The monoisotopic (exact) mass is 705 g/mol. The Bertz CT molecular complexity index is 1350. The summed E-state index contributed by atoms with van der Waals surface area (Å²) in [6.45, 7) is 31.5. The van der Waals surface area contributed by atoms with Crippen molar-refractivity contribution in [3.63, 3.8) is 0 Å². The van der Waals surface area contributed by atoms with Gasteiger partial charge in [0.1, 0.15) is 0 Å². The maximum Gasteiger partial charge on any atom is 0.290 e. The first-order valence-corrected chi connectivity index (χ1v) is 21.8. The Labute approximate surface area is 315 Å². The molecule has 7 rings (SSSR count). The summed E-state index contributed by atoms with van der Waals surface area (Å²) in [7, 11) is 0. The normalized spacial score (nSPS) is 45.9. The highest BCUT2D eigenvalue weighted by Gasteiger charge is 2.70. The van der Waals surface area contributed by atoms with Gasteiger partial charge in [0.2, 0.25) is 0 Å². The molecule has 4 heteroatoms. The Morgan fingerprint density at radius 2 is 1.73 bits per heavy atom. The topological polar surface area (TPSA) is 52.6 Å². The van der Waals surface area contributed by atoms with Crippen LogP contribution in [-0.4, -0.2) is 47.7 Å². The highest BCUT2D eigenvalue weighted by Crippen LogP contribution is 2.76. The predicted octanol–water partition coefficient (Wildman–Crippen LogP) is 11.7. The van der Waals surface area contributed by atoms with Crippen LogP contribution in [0.15, 0.2) is 35.5 Å². The Morgan fingerprint density at radius 3 is 2.37 bits per heavy atom. The minimum Gasteiger partial charge on any atom is -0.483 e. The summed E-state index contributed by atoms with van der Waals surface area (Å²) < 4.78 is 0. The molecule has 0 radical (unpaired) electrons. The van der Waals surface area contributed by atoms with Crippen LogP contribution >= 0.6 is 0 Å². The molecular formula is C47H80N2O2. The summed E-state index contributed by atoms with van der Waals surface area (Å²) in [5, 5.41) is 11.3. The molecule has 5 fully saturated rings. The van der Waals surface area contributed by atoms with Gasteiger partial charge in [-0.2, -0.15) is 0 Å². The van der Waals surface area contributed by atoms with Gasteiger partial charge in [-0.1, -0.05) is 86.1 Å². The van der Waals surface area contributed by atoms with Gasteiger partial charge in [0.15, 0.2) is 0 Å².